The van der Waals surface area contributed by atoms with E-state index in [0.29, 0.717) is 18.0 Å². The molecule has 118 valence electrons. The Morgan fingerprint density at radius 2 is 1.95 bits per heavy atom. The topological polar surface area (TPSA) is 32.3 Å². The van der Waals surface area contributed by atoms with Crippen LogP contribution in [0.5, 0.6) is 0 Å². The zero-order valence-corrected chi connectivity index (χ0v) is 13.3. The first kappa shape index (κ1) is 14.3. The second-order valence-electron chi connectivity index (χ2n) is 7.13. The molecule has 2 atom stereocenters. The lowest BCUT2D eigenvalue weighted by atomic mass is 9.85. The number of carbonyl (C=O) groups is 1. The summed E-state index contributed by atoms with van der Waals surface area (Å²) in [6.07, 6.45) is 8.11. The van der Waals surface area contributed by atoms with Crippen LogP contribution >= 0.6 is 0 Å². The molecule has 3 aliphatic rings. The van der Waals surface area contributed by atoms with E-state index in [1.807, 2.05) is 0 Å². The van der Waals surface area contributed by atoms with Crippen molar-refractivity contribution < 1.29 is 4.79 Å². The van der Waals surface area contributed by atoms with E-state index in [2.05, 4.69) is 34.5 Å². The highest BCUT2D eigenvalue weighted by atomic mass is 16.2. The lowest BCUT2D eigenvalue weighted by molar-refractivity contribution is -0.139. The van der Waals surface area contributed by atoms with Crippen LogP contribution in [-0.2, 0) is 11.2 Å². The second kappa shape index (κ2) is 6.04. The Morgan fingerprint density at radius 3 is 2.73 bits per heavy atom. The van der Waals surface area contributed by atoms with Crippen LogP contribution in [0.2, 0.25) is 0 Å². The molecule has 1 saturated carbocycles. The van der Waals surface area contributed by atoms with E-state index in [1.54, 1.807) is 0 Å². The molecule has 1 aromatic rings. The number of piperidine rings is 1. The third-order valence-corrected chi connectivity index (χ3v) is 5.51. The van der Waals surface area contributed by atoms with Crippen molar-refractivity contribution in [2.75, 3.05) is 13.1 Å². The smallest absolute Gasteiger partial charge is 0.227 e. The van der Waals surface area contributed by atoms with Crippen molar-refractivity contribution in [3.63, 3.8) is 0 Å². The molecule has 4 rings (SSSR count). The number of benzene rings is 1. The average molecular weight is 298 g/mol. The molecule has 3 nitrogen and oxygen atoms in total. The quantitative estimate of drug-likeness (QED) is 0.930. The normalized spacial score (nSPS) is 28.0. The highest BCUT2D eigenvalue weighted by Gasteiger charge is 2.41. The van der Waals surface area contributed by atoms with Crippen LogP contribution in [0.1, 0.15) is 55.7 Å². The van der Waals surface area contributed by atoms with Crippen molar-refractivity contribution in [3.8, 4) is 0 Å². The molecule has 2 unspecified atom stereocenters. The average Bonchev–Trinajstić information content (AvgIpc) is 3.41. The van der Waals surface area contributed by atoms with E-state index < -0.39 is 0 Å². The first-order chi connectivity index (χ1) is 10.8. The lowest BCUT2D eigenvalue weighted by Crippen LogP contribution is -2.46. The summed E-state index contributed by atoms with van der Waals surface area (Å²) in [5.74, 6) is 0.611. The molecular weight excluding hydrogens is 272 g/mol. The van der Waals surface area contributed by atoms with E-state index in [1.165, 1.54) is 36.8 Å². The van der Waals surface area contributed by atoms with Crippen LogP contribution in [0.3, 0.4) is 0 Å². The van der Waals surface area contributed by atoms with Gasteiger partial charge in [-0.05, 0) is 62.6 Å². The van der Waals surface area contributed by atoms with Gasteiger partial charge in [0, 0.05) is 12.6 Å². The molecule has 22 heavy (non-hydrogen) atoms. The van der Waals surface area contributed by atoms with Crippen LogP contribution in [0.25, 0.3) is 0 Å². The minimum absolute atomic E-state index is 0.198. The summed E-state index contributed by atoms with van der Waals surface area (Å²) < 4.78 is 0. The van der Waals surface area contributed by atoms with Crippen molar-refractivity contribution in [2.45, 2.75) is 57.0 Å². The number of hydrogen-bond donors (Lipinski definition) is 1. The number of aryl methyl sites for hydroxylation is 1. The standard InChI is InChI=1S/C19H26N2O/c22-19(15-7-4-12-20-13-15)21(16-10-11-16)18-9-3-6-14-5-1-2-8-17(14)18/h1-2,5,8,15-16,18,20H,3-4,6-7,9-13H2. The molecule has 0 bridgehead atoms. The minimum atomic E-state index is 0.198. The monoisotopic (exact) mass is 298 g/mol. The van der Waals surface area contributed by atoms with Gasteiger partial charge in [0.25, 0.3) is 0 Å². The SMILES string of the molecule is O=C(C1CCCNC1)N(C1CC1)C1CCCc2ccccc21. The van der Waals surface area contributed by atoms with Gasteiger partial charge in [-0.1, -0.05) is 24.3 Å². The largest absolute Gasteiger partial charge is 0.332 e. The molecule has 3 heteroatoms. The number of nitrogens with one attached hydrogen (secondary N) is 1. The molecule has 0 aromatic heterocycles. The fourth-order valence-corrected chi connectivity index (χ4v) is 4.23. The van der Waals surface area contributed by atoms with Crippen molar-refractivity contribution in [3.05, 3.63) is 35.4 Å². The van der Waals surface area contributed by atoms with Crippen molar-refractivity contribution in [1.29, 1.82) is 0 Å². The highest BCUT2D eigenvalue weighted by molar-refractivity contribution is 5.80. The van der Waals surface area contributed by atoms with Crippen LogP contribution in [0.15, 0.2) is 24.3 Å². The van der Waals surface area contributed by atoms with Gasteiger partial charge in [0.15, 0.2) is 0 Å². The van der Waals surface area contributed by atoms with Crippen molar-refractivity contribution in [1.82, 2.24) is 10.2 Å². The molecule has 1 N–H and O–H groups in total. The molecular formula is C19H26N2O. The number of hydrogen-bond acceptors (Lipinski definition) is 2. The number of amides is 1. The van der Waals surface area contributed by atoms with Gasteiger partial charge in [-0.3, -0.25) is 4.79 Å². The number of nitrogens with zero attached hydrogens (tertiary/aromatic N) is 1. The summed E-state index contributed by atoms with van der Waals surface area (Å²) in [4.78, 5) is 15.5. The van der Waals surface area contributed by atoms with E-state index in [0.717, 1.165) is 32.4 Å². The zero-order chi connectivity index (χ0) is 14.9. The van der Waals surface area contributed by atoms with Gasteiger partial charge in [-0.25, -0.2) is 0 Å². The van der Waals surface area contributed by atoms with Crippen LogP contribution < -0.4 is 5.32 Å². The van der Waals surface area contributed by atoms with Crippen molar-refractivity contribution >= 4 is 5.91 Å². The Morgan fingerprint density at radius 1 is 1.09 bits per heavy atom. The van der Waals surface area contributed by atoms with Gasteiger partial charge in [-0.2, -0.15) is 0 Å². The van der Waals surface area contributed by atoms with E-state index in [4.69, 9.17) is 0 Å². The van der Waals surface area contributed by atoms with Crippen LogP contribution in [-0.4, -0.2) is 29.9 Å². The Hall–Kier alpha value is -1.35. The van der Waals surface area contributed by atoms with Gasteiger partial charge in [0.2, 0.25) is 5.91 Å². The summed E-state index contributed by atoms with van der Waals surface area (Å²) in [7, 11) is 0. The summed E-state index contributed by atoms with van der Waals surface area (Å²) in [6.45, 7) is 1.94. The zero-order valence-electron chi connectivity index (χ0n) is 13.3. The predicted molar refractivity (Wildman–Crippen MR) is 87.6 cm³/mol. The Labute approximate surface area is 133 Å². The van der Waals surface area contributed by atoms with Gasteiger partial charge in [0.1, 0.15) is 0 Å². The number of rotatable bonds is 3. The summed E-state index contributed by atoms with van der Waals surface area (Å²) >= 11 is 0. The molecule has 1 amide bonds. The maximum absolute atomic E-state index is 13.2. The first-order valence-electron chi connectivity index (χ1n) is 8.95. The molecule has 2 fully saturated rings. The maximum atomic E-state index is 13.2. The fourth-order valence-electron chi connectivity index (χ4n) is 4.23. The van der Waals surface area contributed by atoms with E-state index in [9.17, 15) is 4.79 Å². The fraction of sp³-hybridized carbons (Fsp3) is 0.632. The Bertz CT molecular complexity index is 546. The van der Waals surface area contributed by atoms with Crippen LogP contribution in [0, 0.1) is 5.92 Å². The van der Waals surface area contributed by atoms with Gasteiger partial charge < -0.3 is 10.2 Å². The van der Waals surface area contributed by atoms with E-state index in [-0.39, 0.29) is 5.92 Å². The second-order valence-corrected chi connectivity index (χ2v) is 7.13. The van der Waals surface area contributed by atoms with Crippen molar-refractivity contribution in [2.24, 2.45) is 5.92 Å². The summed E-state index contributed by atoms with van der Waals surface area (Å²) in [5, 5.41) is 3.40. The van der Waals surface area contributed by atoms with E-state index >= 15 is 0 Å². The summed E-state index contributed by atoms with van der Waals surface area (Å²) in [5.41, 5.74) is 2.87. The molecule has 1 saturated heterocycles. The number of fused-ring (bicyclic) bond motifs is 1. The van der Waals surface area contributed by atoms with Gasteiger partial charge >= 0.3 is 0 Å². The predicted octanol–water partition coefficient (Wildman–Crippen LogP) is 3.05. The van der Waals surface area contributed by atoms with Crippen LogP contribution in [0.4, 0.5) is 0 Å². The Balaban J connectivity index is 1.61. The van der Waals surface area contributed by atoms with Gasteiger partial charge in [0.05, 0.1) is 12.0 Å². The molecule has 1 aliphatic heterocycles. The molecule has 1 heterocycles. The maximum Gasteiger partial charge on any atom is 0.227 e. The number of carbonyl (C=O) groups excluding carboxylic acids is 1. The third kappa shape index (κ3) is 2.67. The highest BCUT2D eigenvalue weighted by Crippen LogP contribution is 2.41. The first-order valence-corrected chi connectivity index (χ1v) is 8.95. The summed E-state index contributed by atoms with van der Waals surface area (Å²) in [6, 6.07) is 9.60. The third-order valence-electron chi connectivity index (χ3n) is 5.51. The van der Waals surface area contributed by atoms with Gasteiger partial charge in [-0.15, -0.1) is 0 Å². The Kier molecular flexibility index (Phi) is 3.91. The molecule has 2 aliphatic carbocycles. The minimum Gasteiger partial charge on any atom is -0.332 e. The lowest BCUT2D eigenvalue weighted by Gasteiger charge is -2.39. The molecule has 0 spiro atoms. The molecule has 0 radical (unpaired) electrons. The molecule has 1 aromatic carbocycles.